The van der Waals surface area contributed by atoms with E-state index < -0.39 is 10.0 Å². The molecule has 28 heavy (non-hydrogen) atoms. The molecule has 2 aromatic carbocycles. The highest BCUT2D eigenvalue weighted by atomic mass is 127. The number of amides is 1. The molecular formula is C21H25IN2O3S. The number of rotatable bonds is 4. The van der Waals surface area contributed by atoms with Crippen LogP contribution in [0.25, 0.3) is 0 Å². The fourth-order valence-electron chi connectivity index (χ4n) is 3.84. The summed E-state index contributed by atoms with van der Waals surface area (Å²) in [6.45, 7) is 6.37. The van der Waals surface area contributed by atoms with E-state index in [0.717, 1.165) is 25.9 Å². The molecule has 150 valence electrons. The minimum absolute atomic E-state index is 0.0408. The number of halogens is 1. The highest BCUT2D eigenvalue weighted by Gasteiger charge is 2.33. The maximum Gasteiger partial charge on any atom is 0.243 e. The third kappa shape index (κ3) is 4.58. The first-order valence-corrected chi connectivity index (χ1v) is 11.8. The lowest BCUT2D eigenvalue weighted by Gasteiger charge is -2.31. The smallest absolute Gasteiger partial charge is 0.243 e. The van der Waals surface area contributed by atoms with Gasteiger partial charge in [0.05, 0.1) is 4.90 Å². The van der Waals surface area contributed by atoms with Crippen molar-refractivity contribution in [2.45, 2.75) is 38.5 Å². The third-order valence-corrected chi connectivity index (χ3v) is 8.06. The molecule has 1 saturated heterocycles. The predicted octanol–water partition coefficient (Wildman–Crippen LogP) is 4.26. The lowest BCUT2D eigenvalue weighted by atomic mass is 9.97. The molecule has 1 heterocycles. The molecule has 1 aliphatic rings. The number of aryl methyl sites for hydroxylation is 3. The summed E-state index contributed by atoms with van der Waals surface area (Å²) < 4.78 is 29.0. The van der Waals surface area contributed by atoms with E-state index in [4.69, 9.17) is 0 Å². The summed E-state index contributed by atoms with van der Waals surface area (Å²) in [5.41, 5.74) is 3.37. The van der Waals surface area contributed by atoms with Crippen molar-refractivity contribution in [3.63, 3.8) is 0 Å². The highest BCUT2D eigenvalue weighted by Crippen LogP contribution is 2.29. The fourth-order valence-corrected chi connectivity index (χ4v) is 6.08. The number of carbonyl (C=O) groups is 1. The van der Waals surface area contributed by atoms with Gasteiger partial charge in [-0.1, -0.05) is 17.7 Å². The number of piperidine rings is 1. The van der Waals surface area contributed by atoms with E-state index in [-0.39, 0.29) is 11.8 Å². The number of hydrogen-bond acceptors (Lipinski definition) is 3. The van der Waals surface area contributed by atoms with Crippen LogP contribution < -0.4 is 5.32 Å². The molecule has 1 fully saturated rings. The molecular weight excluding hydrogens is 487 g/mol. The van der Waals surface area contributed by atoms with E-state index in [9.17, 15) is 13.2 Å². The Balaban J connectivity index is 1.68. The van der Waals surface area contributed by atoms with Crippen molar-refractivity contribution in [1.29, 1.82) is 0 Å². The number of anilines is 1. The van der Waals surface area contributed by atoms with E-state index in [1.165, 1.54) is 4.31 Å². The summed E-state index contributed by atoms with van der Waals surface area (Å²) in [7, 11) is -3.55. The van der Waals surface area contributed by atoms with Crippen LogP contribution in [0.15, 0.2) is 41.3 Å². The molecule has 1 amide bonds. The molecule has 3 rings (SSSR count). The van der Waals surface area contributed by atoms with Crippen LogP contribution in [0.2, 0.25) is 0 Å². The molecule has 0 bridgehead atoms. The van der Waals surface area contributed by atoms with E-state index in [0.29, 0.717) is 30.8 Å². The summed E-state index contributed by atoms with van der Waals surface area (Å²) in [6.07, 6.45) is 1.05. The van der Waals surface area contributed by atoms with E-state index >= 15 is 0 Å². The van der Waals surface area contributed by atoms with Crippen LogP contribution in [0.1, 0.15) is 29.5 Å². The van der Waals surface area contributed by atoms with Crippen LogP contribution >= 0.6 is 22.6 Å². The number of hydrogen-bond donors (Lipinski definition) is 1. The summed E-state index contributed by atoms with van der Waals surface area (Å²) in [5.74, 6) is -0.216. The molecule has 0 unspecified atom stereocenters. The molecule has 0 aliphatic carbocycles. The van der Waals surface area contributed by atoms with Crippen LogP contribution in [0.3, 0.4) is 0 Å². The second-order valence-corrected chi connectivity index (χ2v) is 10.5. The van der Waals surface area contributed by atoms with Crippen molar-refractivity contribution in [3.05, 3.63) is 56.7 Å². The first-order chi connectivity index (χ1) is 13.2. The van der Waals surface area contributed by atoms with Gasteiger partial charge in [-0.3, -0.25) is 4.79 Å². The van der Waals surface area contributed by atoms with Gasteiger partial charge in [-0.2, -0.15) is 4.31 Å². The molecule has 0 radical (unpaired) electrons. The Morgan fingerprint density at radius 3 is 2.11 bits per heavy atom. The number of benzene rings is 2. The maximum atomic E-state index is 13.2. The first-order valence-electron chi connectivity index (χ1n) is 9.33. The summed E-state index contributed by atoms with van der Waals surface area (Å²) >= 11 is 2.22. The molecule has 2 aromatic rings. The standard InChI is InChI=1S/C21H25IN2O3S/c1-14-12-15(2)20(16(3)13-14)28(26,27)24-10-8-17(9-11-24)21(25)23-19-6-4-18(22)5-7-19/h4-7,12-13,17H,8-11H2,1-3H3,(H,23,25). The quantitative estimate of drug-likeness (QED) is 0.623. The Bertz CT molecular complexity index is 956. The molecule has 0 aromatic heterocycles. The molecule has 7 heteroatoms. The van der Waals surface area contributed by atoms with Crippen molar-refractivity contribution < 1.29 is 13.2 Å². The van der Waals surface area contributed by atoms with E-state index in [1.807, 2.05) is 57.2 Å². The number of sulfonamides is 1. The normalized spacial score (nSPS) is 16.1. The summed E-state index contributed by atoms with van der Waals surface area (Å²) in [5, 5.41) is 2.94. The number of nitrogens with one attached hydrogen (secondary N) is 1. The van der Waals surface area contributed by atoms with Crippen LogP contribution in [0.4, 0.5) is 5.69 Å². The summed E-state index contributed by atoms with van der Waals surface area (Å²) in [4.78, 5) is 12.9. The molecule has 0 spiro atoms. The Labute approximate surface area is 180 Å². The lowest BCUT2D eigenvalue weighted by Crippen LogP contribution is -2.41. The second kappa shape index (κ2) is 8.51. The Morgan fingerprint density at radius 2 is 1.57 bits per heavy atom. The predicted molar refractivity (Wildman–Crippen MR) is 120 cm³/mol. The van der Waals surface area contributed by atoms with Gasteiger partial charge >= 0.3 is 0 Å². The van der Waals surface area contributed by atoms with Gasteiger partial charge in [0, 0.05) is 28.3 Å². The molecule has 5 nitrogen and oxygen atoms in total. The Morgan fingerprint density at radius 1 is 1.04 bits per heavy atom. The zero-order valence-corrected chi connectivity index (χ0v) is 19.3. The van der Waals surface area contributed by atoms with Crippen molar-refractivity contribution >= 4 is 44.2 Å². The van der Waals surface area contributed by atoms with Crippen LogP contribution in [0.5, 0.6) is 0 Å². The second-order valence-electron chi connectivity index (χ2n) is 7.40. The van der Waals surface area contributed by atoms with Gasteiger partial charge in [0.25, 0.3) is 0 Å². The van der Waals surface area contributed by atoms with E-state index in [2.05, 4.69) is 27.9 Å². The zero-order valence-electron chi connectivity index (χ0n) is 16.3. The molecule has 1 N–H and O–H groups in total. The van der Waals surface area contributed by atoms with Crippen molar-refractivity contribution in [1.82, 2.24) is 4.31 Å². The van der Waals surface area contributed by atoms with Crippen LogP contribution in [-0.4, -0.2) is 31.7 Å². The van der Waals surface area contributed by atoms with Gasteiger partial charge in [-0.25, -0.2) is 8.42 Å². The lowest BCUT2D eigenvalue weighted by molar-refractivity contribution is -0.120. The van der Waals surface area contributed by atoms with Gasteiger partial charge in [-0.15, -0.1) is 0 Å². The average Bonchev–Trinajstić information content (AvgIpc) is 2.62. The summed E-state index contributed by atoms with van der Waals surface area (Å²) in [6, 6.07) is 11.4. The average molecular weight is 512 g/mol. The Hall–Kier alpha value is -1.45. The minimum Gasteiger partial charge on any atom is -0.326 e. The third-order valence-electron chi connectivity index (χ3n) is 5.14. The zero-order chi connectivity index (χ0) is 20.5. The number of nitrogens with zero attached hydrogens (tertiary/aromatic N) is 1. The van der Waals surface area contributed by atoms with Crippen molar-refractivity contribution in [2.75, 3.05) is 18.4 Å². The van der Waals surface area contributed by atoms with Gasteiger partial charge < -0.3 is 5.32 Å². The van der Waals surface area contributed by atoms with Gasteiger partial charge in [0.1, 0.15) is 0 Å². The topological polar surface area (TPSA) is 66.5 Å². The van der Waals surface area contributed by atoms with Gasteiger partial charge in [0.2, 0.25) is 15.9 Å². The minimum atomic E-state index is -3.55. The van der Waals surface area contributed by atoms with E-state index in [1.54, 1.807) is 0 Å². The highest BCUT2D eigenvalue weighted by molar-refractivity contribution is 14.1. The largest absolute Gasteiger partial charge is 0.326 e. The molecule has 0 saturated carbocycles. The van der Waals surface area contributed by atoms with Gasteiger partial charge in [0.15, 0.2) is 0 Å². The first kappa shape index (κ1) is 21.3. The van der Waals surface area contributed by atoms with Crippen LogP contribution in [-0.2, 0) is 14.8 Å². The fraction of sp³-hybridized carbons (Fsp3) is 0.381. The van der Waals surface area contributed by atoms with Crippen molar-refractivity contribution in [3.8, 4) is 0 Å². The Kier molecular flexibility index (Phi) is 6.46. The molecule has 1 aliphatic heterocycles. The van der Waals surface area contributed by atoms with Gasteiger partial charge in [-0.05, 0) is 91.6 Å². The molecule has 0 atom stereocenters. The number of carbonyl (C=O) groups excluding carboxylic acids is 1. The maximum absolute atomic E-state index is 13.2. The van der Waals surface area contributed by atoms with Crippen LogP contribution in [0, 0.1) is 30.3 Å². The monoisotopic (exact) mass is 512 g/mol. The van der Waals surface area contributed by atoms with Crippen molar-refractivity contribution in [2.24, 2.45) is 5.92 Å². The SMILES string of the molecule is Cc1cc(C)c(S(=O)(=O)N2CCC(C(=O)Nc3ccc(I)cc3)CC2)c(C)c1.